The molecule has 0 aromatic carbocycles. The molecule has 2 aromatic heterocycles. The minimum atomic E-state index is 0.857. The van der Waals surface area contributed by atoms with Crippen molar-refractivity contribution in [1.82, 2.24) is 14.7 Å². The van der Waals surface area contributed by atoms with Crippen molar-refractivity contribution in [3.63, 3.8) is 0 Å². The lowest BCUT2D eigenvalue weighted by atomic mass is 10.4. The molecule has 16 heavy (non-hydrogen) atoms. The molecule has 2 heterocycles. The van der Waals surface area contributed by atoms with Gasteiger partial charge in [-0.15, -0.1) is 0 Å². The third-order valence-corrected chi connectivity index (χ3v) is 3.12. The maximum atomic E-state index is 4.53. The number of nitrogens with zero attached hydrogens (tertiary/aromatic N) is 2. The van der Waals surface area contributed by atoms with Crippen molar-refractivity contribution in [2.45, 2.75) is 13.0 Å². The minimum absolute atomic E-state index is 0.857. The van der Waals surface area contributed by atoms with E-state index in [4.69, 9.17) is 0 Å². The lowest BCUT2D eigenvalue weighted by molar-refractivity contribution is 0.670. The Hall–Kier alpha value is -1.00. The van der Waals surface area contributed by atoms with Gasteiger partial charge in [-0.25, -0.2) is 4.98 Å². The fourth-order valence-electron chi connectivity index (χ4n) is 1.63. The van der Waals surface area contributed by atoms with Crippen molar-refractivity contribution in [2.75, 3.05) is 18.6 Å². The van der Waals surface area contributed by atoms with E-state index in [1.54, 1.807) is 0 Å². The van der Waals surface area contributed by atoms with Gasteiger partial charge in [0.25, 0.3) is 0 Å². The third kappa shape index (κ3) is 3.00. The summed E-state index contributed by atoms with van der Waals surface area (Å²) in [5.41, 5.74) is 2.12. The molecule has 0 unspecified atom stereocenters. The first-order valence-electron chi connectivity index (χ1n) is 5.52. The Morgan fingerprint density at radius 1 is 1.44 bits per heavy atom. The van der Waals surface area contributed by atoms with Crippen LogP contribution in [0.5, 0.6) is 0 Å². The highest BCUT2D eigenvalue weighted by Gasteiger charge is 1.99. The second kappa shape index (κ2) is 5.92. The van der Waals surface area contributed by atoms with E-state index >= 15 is 0 Å². The summed E-state index contributed by atoms with van der Waals surface area (Å²) in [6.45, 7) is 1.92. The molecule has 86 valence electrons. The standard InChI is InChI=1S/C12H17N3S/c1-16-8-4-6-13-9-11-10-15-7-3-2-5-12(15)14-11/h2-3,5,7,10,13H,4,6,8-9H2,1H3. The van der Waals surface area contributed by atoms with Crippen molar-refractivity contribution < 1.29 is 0 Å². The highest BCUT2D eigenvalue weighted by Crippen LogP contribution is 2.04. The average molecular weight is 235 g/mol. The van der Waals surface area contributed by atoms with E-state index in [0.717, 1.165) is 24.4 Å². The van der Waals surface area contributed by atoms with Gasteiger partial charge in [-0.2, -0.15) is 11.8 Å². The number of fused-ring (bicyclic) bond motifs is 1. The number of pyridine rings is 1. The number of rotatable bonds is 6. The van der Waals surface area contributed by atoms with Gasteiger partial charge >= 0.3 is 0 Å². The van der Waals surface area contributed by atoms with Gasteiger partial charge in [0.05, 0.1) is 5.69 Å². The molecular weight excluding hydrogens is 218 g/mol. The van der Waals surface area contributed by atoms with Crippen molar-refractivity contribution in [1.29, 1.82) is 0 Å². The summed E-state index contributed by atoms with van der Waals surface area (Å²) in [6.07, 6.45) is 7.47. The van der Waals surface area contributed by atoms with E-state index in [9.17, 15) is 0 Å². The lowest BCUT2D eigenvalue weighted by Gasteiger charge is -2.00. The number of hydrogen-bond acceptors (Lipinski definition) is 3. The van der Waals surface area contributed by atoms with Crippen LogP contribution < -0.4 is 5.32 Å². The van der Waals surface area contributed by atoms with Crippen LogP contribution in [0.25, 0.3) is 5.65 Å². The van der Waals surface area contributed by atoms with E-state index < -0.39 is 0 Å². The molecule has 0 aliphatic carbocycles. The zero-order valence-corrected chi connectivity index (χ0v) is 10.3. The van der Waals surface area contributed by atoms with Crippen molar-refractivity contribution >= 4 is 17.4 Å². The van der Waals surface area contributed by atoms with Gasteiger partial charge in [0.15, 0.2) is 0 Å². The van der Waals surface area contributed by atoms with E-state index in [1.807, 2.05) is 36.2 Å². The first kappa shape index (κ1) is 11.5. The Morgan fingerprint density at radius 2 is 2.38 bits per heavy atom. The number of imidazole rings is 1. The predicted molar refractivity (Wildman–Crippen MR) is 69.9 cm³/mol. The first-order chi connectivity index (χ1) is 7.90. The molecule has 0 spiro atoms. The molecule has 0 saturated carbocycles. The van der Waals surface area contributed by atoms with Crippen LogP contribution >= 0.6 is 11.8 Å². The largest absolute Gasteiger partial charge is 0.311 e. The van der Waals surface area contributed by atoms with Crippen LogP contribution in [0, 0.1) is 0 Å². The maximum absolute atomic E-state index is 4.53. The zero-order chi connectivity index (χ0) is 11.2. The molecule has 0 radical (unpaired) electrons. The quantitative estimate of drug-likeness (QED) is 0.778. The number of nitrogens with one attached hydrogen (secondary N) is 1. The second-order valence-corrected chi connectivity index (χ2v) is 4.71. The Morgan fingerprint density at radius 3 is 3.19 bits per heavy atom. The predicted octanol–water partition coefficient (Wildman–Crippen LogP) is 2.18. The average Bonchev–Trinajstić information content (AvgIpc) is 2.71. The summed E-state index contributed by atoms with van der Waals surface area (Å²) in [6, 6.07) is 6.06. The maximum Gasteiger partial charge on any atom is 0.137 e. The van der Waals surface area contributed by atoms with Crippen molar-refractivity contribution in [2.24, 2.45) is 0 Å². The molecule has 0 aliphatic heterocycles. The highest BCUT2D eigenvalue weighted by atomic mass is 32.2. The molecule has 0 bridgehead atoms. The molecule has 4 heteroatoms. The van der Waals surface area contributed by atoms with E-state index in [1.165, 1.54) is 12.2 Å². The minimum Gasteiger partial charge on any atom is -0.311 e. The SMILES string of the molecule is CSCCCNCc1cn2ccccc2n1. The zero-order valence-electron chi connectivity index (χ0n) is 9.52. The fourth-order valence-corrected chi connectivity index (χ4v) is 2.06. The third-order valence-electron chi connectivity index (χ3n) is 2.42. The Balaban J connectivity index is 1.85. The Labute approximate surface area is 100 Å². The molecule has 3 nitrogen and oxygen atoms in total. The topological polar surface area (TPSA) is 29.3 Å². The molecule has 0 fully saturated rings. The van der Waals surface area contributed by atoms with Crippen LogP contribution in [0.4, 0.5) is 0 Å². The molecular formula is C12H17N3S. The van der Waals surface area contributed by atoms with Crippen LogP contribution in [-0.2, 0) is 6.54 Å². The Kier molecular flexibility index (Phi) is 4.25. The molecule has 0 aliphatic rings. The second-order valence-electron chi connectivity index (χ2n) is 3.72. The van der Waals surface area contributed by atoms with Crippen LogP contribution in [-0.4, -0.2) is 27.9 Å². The molecule has 2 aromatic rings. The first-order valence-corrected chi connectivity index (χ1v) is 6.92. The molecule has 0 amide bonds. The van der Waals surface area contributed by atoms with Crippen LogP contribution in [0.3, 0.4) is 0 Å². The summed E-state index contributed by atoms with van der Waals surface area (Å²) < 4.78 is 2.05. The van der Waals surface area contributed by atoms with Gasteiger partial charge in [0.1, 0.15) is 5.65 Å². The van der Waals surface area contributed by atoms with Crippen LogP contribution in [0.15, 0.2) is 30.6 Å². The van der Waals surface area contributed by atoms with E-state index in [-0.39, 0.29) is 0 Å². The molecule has 1 N–H and O–H groups in total. The van der Waals surface area contributed by atoms with Crippen molar-refractivity contribution in [3.05, 3.63) is 36.3 Å². The highest BCUT2D eigenvalue weighted by molar-refractivity contribution is 7.98. The number of hydrogen-bond donors (Lipinski definition) is 1. The summed E-state index contributed by atoms with van der Waals surface area (Å²) in [5, 5.41) is 3.41. The molecule has 0 saturated heterocycles. The Bertz CT molecular complexity index is 406. The number of thioether (sulfide) groups is 1. The number of aromatic nitrogens is 2. The van der Waals surface area contributed by atoms with E-state index in [0.29, 0.717) is 0 Å². The van der Waals surface area contributed by atoms with Gasteiger partial charge in [-0.1, -0.05) is 6.07 Å². The fraction of sp³-hybridized carbons (Fsp3) is 0.417. The van der Waals surface area contributed by atoms with Crippen LogP contribution in [0.2, 0.25) is 0 Å². The van der Waals surface area contributed by atoms with E-state index in [2.05, 4.69) is 27.2 Å². The monoisotopic (exact) mass is 235 g/mol. The smallest absolute Gasteiger partial charge is 0.137 e. The summed E-state index contributed by atoms with van der Waals surface area (Å²) in [5.74, 6) is 1.22. The molecule has 2 rings (SSSR count). The van der Waals surface area contributed by atoms with Crippen molar-refractivity contribution in [3.8, 4) is 0 Å². The summed E-state index contributed by atoms with van der Waals surface area (Å²) in [4.78, 5) is 4.53. The van der Waals surface area contributed by atoms with Gasteiger partial charge in [0, 0.05) is 18.9 Å². The van der Waals surface area contributed by atoms with Crippen LogP contribution in [0.1, 0.15) is 12.1 Å². The van der Waals surface area contributed by atoms with Gasteiger partial charge in [-0.3, -0.25) is 0 Å². The van der Waals surface area contributed by atoms with Gasteiger partial charge < -0.3 is 9.72 Å². The summed E-state index contributed by atoms with van der Waals surface area (Å²) in [7, 11) is 0. The lowest BCUT2D eigenvalue weighted by Crippen LogP contribution is -2.15. The normalized spacial score (nSPS) is 11.1. The molecule has 0 atom stereocenters. The summed E-state index contributed by atoms with van der Waals surface area (Å²) >= 11 is 1.89. The van der Waals surface area contributed by atoms with Gasteiger partial charge in [-0.05, 0) is 37.1 Å². The van der Waals surface area contributed by atoms with Gasteiger partial charge in [0.2, 0.25) is 0 Å².